The van der Waals surface area contributed by atoms with Gasteiger partial charge in [0.15, 0.2) is 11.5 Å². The number of halogens is 1. The number of nitrogens with zero attached hydrogens (tertiary/aromatic N) is 7. The first kappa shape index (κ1) is 27.7. The van der Waals surface area contributed by atoms with Crippen LogP contribution in [0.15, 0.2) is 73.3 Å². The Balaban J connectivity index is 1.26. The van der Waals surface area contributed by atoms with E-state index in [0.717, 1.165) is 11.6 Å². The van der Waals surface area contributed by atoms with E-state index in [0.29, 0.717) is 29.2 Å². The Morgan fingerprint density at radius 2 is 1.90 bits per heavy atom. The fraction of sp³-hybridized carbons (Fsp3) is 0.300. The number of hydrogen-bond acceptors (Lipinski definition) is 7. The molecular formula is C30H32FN7O3Si. The largest absolute Gasteiger partial charge is 0.446 e. The molecule has 5 aromatic rings. The van der Waals surface area contributed by atoms with Crippen LogP contribution in [-0.2, 0) is 21.7 Å². The van der Waals surface area contributed by atoms with Gasteiger partial charge in [-0.2, -0.15) is 5.10 Å². The van der Waals surface area contributed by atoms with Gasteiger partial charge in [0.1, 0.15) is 36.8 Å². The van der Waals surface area contributed by atoms with Crippen molar-refractivity contribution in [2.45, 2.75) is 44.9 Å². The van der Waals surface area contributed by atoms with Crippen molar-refractivity contribution in [1.82, 2.24) is 29.4 Å². The molecule has 42 heavy (non-hydrogen) atoms. The molecule has 6 rings (SSSR count). The molecule has 10 nitrogen and oxygen atoms in total. The summed E-state index contributed by atoms with van der Waals surface area (Å²) in [6.07, 6.45) is 4.42. The minimum absolute atomic E-state index is 0.190. The highest BCUT2D eigenvalue weighted by Crippen LogP contribution is 2.38. The minimum atomic E-state index is -1.18. The van der Waals surface area contributed by atoms with Crippen LogP contribution in [0.2, 0.25) is 25.7 Å². The van der Waals surface area contributed by atoms with Crippen molar-refractivity contribution in [3.63, 3.8) is 0 Å². The molecule has 0 radical (unpaired) electrons. The van der Waals surface area contributed by atoms with Gasteiger partial charge >= 0.3 is 6.09 Å². The lowest BCUT2D eigenvalue weighted by molar-refractivity contribution is 0.0784. The number of aromatic nitrogens is 6. The molecule has 1 amide bonds. The summed E-state index contributed by atoms with van der Waals surface area (Å²) in [5, 5.41) is 8.79. The summed E-state index contributed by atoms with van der Waals surface area (Å²) >= 11 is 0. The molecule has 1 fully saturated rings. The number of amides is 1. The third-order valence-corrected chi connectivity index (χ3v) is 9.11. The van der Waals surface area contributed by atoms with Gasteiger partial charge in [0.25, 0.3) is 0 Å². The molecule has 0 N–H and O–H groups in total. The first-order valence-electron chi connectivity index (χ1n) is 13.8. The van der Waals surface area contributed by atoms with E-state index in [1.54, 1.807) is 51.0 Å². The maximum atomic E-state index is 15.4. The van der Waals surface area contributed by atoms with Crippen LogP contribution in [-0.4, -0.2) is 56.7 Å². The van der Waals surface area contributed by atoms with Crippen molar-refractivity contribution in [3.8, 4) is 22.5 Å². The Labute approximate surface area is 243 Å². The highest BCUT2D eigenvalue weighted by Gasteiger charge is 2.46. The smallest absolute Gasteiger partial charge is 0.416 e. The van der Waals surface area contributed by atoms with Crippen LogP contribution in [0.5, 0.6) is 0 Å². The van der Waals surface area contributed by atoms with Crippen LogP contribution in [0.3, 0.4) is 0 Å². The molecule has 0 aliphatic carbocycles. The summed E-state index contributed by atoms with van der Waals surface area (Å²) in [6.45, 7) is 9.95. The zero-order valence-electron chi connectivity index (χ0n) is 24.0. The Morgan fingerprint density at radius 1 is 1.10 bits per heavy atom. The van der Waals surface area contributed by atoms with Gasteiger partial charge in [-0.05, 0) is 42.3 Å². The number of hydrogen-bond donors (Lipinski definition) is 0. The second-order valence-corrected chi connectivity index (χ2v) is 17.4. The second kappa shape index (κ2) is 10.8. The molecule has 12 heteroatoms. The van der Waals surface area contributed by atoms with Crippen LogP contribution in [0, 0.1) is 5.82 Å². The van der Waals surface area contributed by atoms with Crippen LogP contribution >= 0.6 is 0 Å². The SMILES string of the molecule is CC1(c2ccccc2)COC(=O)N1c1ccn2ncc(-c3ccc(-c4ncn(COCC[Si](C)(C)C)n4)c(F)c3)c2n1. The van der Waals surface area contributed by atoms with Gasteiger partial charge in [0.05, 0.1) is 11.8 Å². The molecular weight excluding hydrogens is 553 g/mol. The normalized spacial score (nSPS) is 17.3. The third-order valence-electron chi connectivity index (χ3n) is 7.41. The summed E-state index contributed by atoms with van der Waals surface area (Å²) in [6, 6.07) is 17.3. The van der Waals surface area contributed by atoms with E-state index in [4.69, 9.17) is 14.5 Å². The summed E-state index contributed by atoms with van der Waals surface area (Å²) in [4.78, 5) is 23.5. The summed E-state index contributed by atoms with van der Waals surface area (Å²) in [7, 11) is -1.18. The number of carbonyl (C=O) groups is 1. The first-order chi connectivity index (χ1) is 20.1. The molecule has 1 atom stereocenters. The zero-order chi connectivity index (χ0) is 29.5. The van der Waals surface area contributed by atoms with Crippen LogP contribution < -0.4 is 4.90 Å². The quantitative estimate of drug-likeness (QED) is 0.155. The highest BCUT2D eigenvalue weighted by atomic mass is 28.3. The van der Waals surface area contributed by atoms with Crippen molar-refractivity contribution < 1.29 is 18.7 Å². The summed E-state index contributed by atoms with van der Waals surface area (Å²) in [5.41, 5.74) is 2.15. The number of carbonyl (C=O) groups excluding carboxylic acids is 1. The lowest BCUT2D eigenvalue weighted by Crippen LogP contribution is -2.42. The highest BCUT2D eigenvalue weighted by molar-refractivity contribution is 6.76. The fourth-order valence-electron chi connectivity index (χ4n) is 4.96. The molecule has 4 heterocycles. The average Bonchev–Trinajstić information content (AvgIpc) is 3.68. The maximum absolute atomic E-state index is 15.4. The Bertz CT molecular complexity index is 1750. The fourth-order valence-corrected chi connectivity index (χ4v) is 5.71. The predicted molar refractivity (Wildman–Crippen MR) is 159 cm³/mol. The van der Waals surface area contributed by atoms with Gasteiger partial charge in [0.2, 0.25) is 0 Å². The third kappa shape index (κ3) is 5.30. The summed E-state index contributed by atoms with van der Waals surface area (Å²) < 4.78 is 29.8. The Morgan fingerprint density at radius 3 is 2.67 bits per heavy atom. The Hall–Kier alpha value is -4.42. The van der Waals surface area contributed by atoms with E-state index < -0.39 is 25.5 Å². The lowest BCUT2D eigenvalue weighted by atomic mass is 9.92. The topological polar surface area (TPSA) is 99.7 Å². The number of ether oxygens (including phenoxy) is 2. The van der Waals surface area contributed by atoms with Crippen molar-refractivity contribution in [3.05, 3.63) is 84.7 Å². The molecule has 1 unspecified atom stereocenters. The first-order valence-corrected chi connectivity index (χ1v) is 17.5. The maximum Gasteiger partial charge on any atom is 0.416 e. The molecule has 1 aliphatic heterocycles. The van der Waals surface area contributed by atoms with E-state index in [-0.39, 0.29) is 24.7 Å². The Kier molecular flexibility index (Phi) is 7.11. The predicted octanol–water partition coefficient (Wildman–Crippen LogP) is 5.98. The molecule has 0 saturated carbocycles. The van der Waals surface area contributed by atoms with E-state index in [1.165, 1.54) is 6.07 Å². The van der Waals surface area contributed by atoms with E-state index >= 15 is 4.39 Å². The van der Waals surface area contributed by atoms with E-state index in [9.17, 15) is 4.79 Å². The van der Waals surface area contributed by atoms with Gasteiger partial charge in [0, 0.05) is 26.4 Å². The van der Waals surface area contributed by atoms with Gasteiger partial charge in [-0.25, -0.2) is 33.3 Å². The standard InChI is InChI=1S/C30H32FN7O3Si/c1-30(22-8-6-5-7-9-22)18-41-29(39)38(30)26-12-13-37-28(34-26)24(17-33-37)21-10-11-23(25(31)16-21)27-32-19-36(35-27)20-40-14-15-42(2,3)4/h5-13,16-17,19H,14-15,18,20H2,1-4H3. The molecule has 0 bridgehead atoms. The van der Waals surface area contributed by atoms with Crippen molar-refractivity contribution in [2.75, 3.05) is 18.1 Å². The molecule has 1 aliphatic rings. The number of fused-ring (bicyclic) bond motifs is 1. The van der Waals surface area contributed by atoms with Gasteiger partial charge in [-0.1, -0.05) is 56.0 Å². The molecule has 216 valence electrons. The van der Waals surface area contributed by atoms with Crippen LogP contribution in [0.25, 0.3) is 28.2 Å². The van der Waals surface area contributed by atoms with E-state index in [2.05, 4.69) is 34.8 Å². The number of benzene rings is 2. The van der Waals surface area contributed by atoms with Crippen LogP contribution in [0.4, 0.5) is 15.0 Å². The van der Waals surface area contributed by atoms with Crippen molar-refractivity contribution >= 4 is 25.6 Å². The summed E-state index contributed by atoms with van der Waals surface area (Å²) in [5.74, 6) is 0.220. The van der Waals surface area contributed by atoms with Crippen molar-refractivity contribution in [2.24, 2.45) is 0 Å². The van der Waals surface area contributed by atoms with E-state index in [1.807, 2.05) is 37.3 Å². The van der Waals surface area contributed by atoms with Crippen molar-refractivity contribution in [1.29, 1.82) is 0 Å². The van der Waals surface area contributed by atoms with Gasteiger partial charge in [-0.3, -0.25) is 0 Å². The zero-order valence-corrected chi connectivity index (χ0v) is 25.0. The number of anilines is 1. The minimum Gasteiger partial charge on any atom is -0.446 e. The lowest BCUT2D eigenvalue weighted by Gasteiger charge is -2.31. The average molecular weight is 586 g/mol. The second-order valence-electron chi connectivity index (χ2n) is 11.8. The monoisotopic (exact) mass is 585 g/mol. The number of cyclic esters (lactones) is 1. The van der Waals surface area contributed by atoms with Gasteiger partial charge in [-0.15, -0.1) is 5.10 Å². The molecule has 1 saturated heterocycles. The van der Waals surface area contributed by atoms with Crippen LogP contribution in [0.1, 0.15) is 12.5 Å². The molecule has 2 aromatic carbocycles. The molecule has 0 spiro atoms. The number of rotatable bonds is 9. The van der Waals surface area contributed by atoms with Gasteiger partial charge < -0.3 is 9.47 Å². The molecule has 3 aromatic heterocycles.